The van der Waals surface area contributed by atoms with Gasteiger partial charge in [-0.15, -0.1) is 0 Å². The van der Waals surface area contributed by atoms with Gasteiger partial charge in [-0.2, -0.15) is 0 Å². The highest BCUT2D eigenvalue weighted by atomic mass is 14.9. The summed E-state index contributed by atoms with van der Waals surface area (Å²) in [7, 11) is 0. The monoisotopic (exact) mass is 262 g/mol. The number of benzene rings is 1. The minimum atomic E-state index is 0.711. The number of imidazole rings is 1. The van der Waals surface area contributed by atoms with Crippen molar-refractivity contribution in [3.05, 3.63) is 60.7 Å². The van der Waals surface area contributed by atoms with Crippen LogP contribution in [0.15, 0.2) is 54.9 Å². The number of H-pyrrole nitrogens is 1. The first-order valence-corrected chi connectivity index (χ1v) is 6.34. The first-order valence-electron chi connectivity index (χ1n) is 6.34. The predicted octanol–water partition coefficient (Wildman–Crippen LogP) is 3.61. The summed E-state index contributed by atoms with van der Waals surface area (Å²) in [4.78, 5) is 16.3. The molecule has 0 saturated heterocycles. The number of hydrogen-bond acceptors (Lipinski definition) is 3. The van der Waals surface area contributed by atoms with E-state index in [1.165, 1.54) is 0 Å². The zero-order valence-corrected chi connectivity index (χ0v) is 11.2. The second-order valence-corrected chi connectivity index (χ2v) is 4.52. The number of aromatic amines is 1. The topological polar surface area (TPSA) is 54.5 Å². The molecule has 0 bridgehead atoms. The van der Waals surface area contributed by atoms with E-state index in [2.05, 4.69) is 26.5 Å². The Kier molecular flexibility index (Phi) is 3.13. The van der Waals surface area contributed by atoms with Crippen LogP contribution in [0.3, 0.4) is 0 Å². The molecular formula is C16H14N4. The van der Waals surface area contributed by atoms with E-state index in [0.29, 0.717) is 5.82 Å². The third-order valence-corrected chi connectivity index (χ3v) is 3.01. The van der Waals surface area contributed by atoms with Crippen LogP contribution < -0.4 is 0 Å². The number of hydrogen-bond donors (Lipinski definition) is 1. The van der Waals surface area contributed by atoms with Crippen LogP contribution >= 0.6 is 0 Å². The van der Waals surface area contributed by atoms with E-state index in [9.17, 15) is 0 Å². The van der Waals surface area contributed by atoms with Crippen LogP contribution in [-0.2, 0) is 0 Å². The lowest BCUT2D eigenvalue weighted by molar-refractivity contribution is 1.18. The van der Waals surface area contributed by atoms with E-state index in [4.69, 9.17) is 0 Å². The van der Waals surface area contributed by atoms with Gasteiger partial charge in [-0.05, 0) is 42.8 Å². The molecule has 0 fully saturated rings. The van der Waals surface area contributed by atoms with Gasteiger partial charge in [0.05, 0.1) is 11.0 Å². The lowest BCUT2D eigenvalue weighted by Crippen LogP contribution is -1.86. The summed E-state index contributed by atoms with van der Waals surface area (Å²) >= 11 is 0. The van der Waals surface area contributed by atoms with Gasteiger partial charge in [-0.1, -0.05) is 12.7 Å². The van der Waals surface area contributed by atoms with Gasteiger partial charge in [0, 0.05) is 18.0 Å². The maximum atomic E-state index is 4.51. The SMILES string of the molecule is C=CC(C)=Cc1nc2ccc(-c3ncccn3)cc2[nH]1. The van der Waals surface area contributed by atoms with E-state index in [-0.39, 0.29) is 0 Å². The molecule has 0 unspecified atom stereocenters. The fourth-order valence-electron chi connectivity index (χ4n) is 1.96. The first-order chi connectivity index (χ1) is 9.76. The van der Waals surface area contributed by atoms with Crippen molar-refractivity contribution in [2.75, 3.05) is 0 Å². The molecule has 0 atom stereocenters. The number of nitrogens with zero attached hydrogens (tertiary/aromatic N) is 3. The molecule has 20 heavy (non-hydrogen) atoms. The van der Waals surface area contributed by atoms with Crippen LogP contribution in [0.2, 0.25) is 0 Å². The van der Waals surface area contributed by atoms with Gasteiger partial charge in [0.2, 0.25) is 0 Å². The molecule has 0 spiro atoms. The zero-order chi connectivity index (χ0) is 13.9. The summed E-state index contributed by atoms with van der Waals surface area (Å²) in [5, 5.41) is 0. The molecule has 4 nitrogen and oxygen atoms in total. The molecule has 2 heterocycles. The smallest absolute Gasteiger partial charge is 0.159 e. The van der Waals surface area contributed by atoms with Crippen molar-refractivity contribution in [3.8, 4) is 11.4 Å². The Morgan fingerprint density at radius 3 is 2.80 bits per heavy atom. The second kappa shape index (κ2) is 5.09. The predicted molar refractivity (Wildman–Crippen MR) is 81.0 cm³/mol. The van der Waals surface area contributed by atoms with Gasteiger partial charge < -0.3 is 4.98 Å². The van der Waals surface area contributed by atoms with Gasteiger partial charge >= 0.3 is 0 Å². The van der Waals surface area contributed by atoms with Gasteiger partial charge in [-0.25, -0.2) is 15.0 Å². The Labute approximate surface area is 116 Å². The molecule has 1 N–H and O–H groups in total. The minimum Gasteiger partial charge on any atom is -0.338 e. The Balaban J connectivity index is 2.06. The van der Waals surface area contributed by atoms with Crippen molar-refractivity contribution in [1.82, 2.24) is 19.9 Å². The first kappa shape index (κ1) is 12.3. The summed E-state index contributed by atoms with van der Waals surface area (Å²) in [6.45, 7) is 5.73. The molecule has 2 aromatic heterocycles. The average molecular weight is 262 g/mol. The largest absolute Gasteiger partial charge is 0.338 e. The number of aromatic nitrogens is 4. The van der Waals surface area contributed by atoms with Crippen LogP contribution in [0.5, 0.6) is 0 Å². The normalized spacial score (nSPS) is 11.8. The highest BCUT2D eigenvalue weighted by molar-refractivity contribution is 5.81. The van der Waals surface area contributed by atoms with Crippen molar-refractivity contribution in [2.24, 2.45) is 0 Å². The van der Waals surface area contributed by atoms with Gasteiger partial charge in [0.1, 0.15) is 5.82 Å². The van der Waals surface area contributed by atoms with E-state index in [1.807, 2.05) is 31.2 Å². The van der Waals surface area contributed by atoms with E-state index in [1.54, 1.807) is 24.5 Å². The fourth-order valence-corrected chi connectivity index (χ4v) is 1.96. The lowest BCUT2D eigenvalue weighted by atomic mass is 10.2. The lowest BCUT2D eigenvalue weighted by Gasteiger charge is -1.98. The number of allylic oxidation sites excluding steroid dienone is 2. The summed E-state index contributed by atoms with van der Waals surface area (Å²) in [6.07, 6.45) is 7.24. The minimum absolute atomic E-state index is 0.711. The highest BCUT2D eigenvalue weighted by Gasteiger charge is 2.05. The molecule has 98 valence electrons. The van der Waals surface area contributed by atoms with Crippen LogP contribution in [-0.4, -0.2) is 19.9 Å². The Morgan fingerprint density at radius 2 is 2.05 bits per heavy atom. The summed E-state index contributed by atoms with van der Waals surface area (Å²) in [5.41, 5.74) is 3.93. The van der Waals surface area contributed by atoms with Crippen LogP contribution in [0.4, 0.5) is 0 Å². The van der Waals surface area contributed by atoms with Gasteiger partial charge in [0.15, 0.2) is 5.82 Å². The molecular weight excluding hydrogens is 248 g/mol. The Hall–Kier alpha value is -2.75. The molecule has 0 radical (unpaired) electrons. The highest BCUT2D eigenvalue weighted by Crippen LogP contribution is 2.20. The van der Waals surface area contributed by atoms with Crippen molar-refractivity contribution in [2.45, 2.75) is 6.92 Å². The Morgan fingerprint density at radius 1 is 1.25 bits per heavy atom. The maximum Gasteiger partial charge on any atom is 0.159 e. The van der Waals surface area contributed by atoms with Crippen molar-refractivity contribution in [1.29, 1.82) is 0 Å². The van der Waals surface area contributed by atoms with Gasteiger partial charge in [-0.3, -0.25) is 0 Å². The standard InChI is InChI=1S/C16H14N4/c1-3-11(2)9-15-19-13-6-5-12(10-14(13)20-15)16-17-7-4-8-18-16/h3-10H,1H2,2H3,(H,19,20). The number of rotatable bonds is 3. The summed E-state index contributed by atoms with van der Waals surface area (Å²) < 4.78 is 0. The summed E-state index contributed by atoms with van der Waals surface area (Å²) in [5.74, 6) is 1.53. The zero-order valence-electron chi connectivity index (χ0n) is 11.2. The quantitative estimate of drug-likeness (QED) is 0.733. The van der Waals surface area contributed by atoms with E-state index in [0.717, 1.165) is 28.0 Å². The molecule has 0 aliphatic rings. The van der Waals surface area contributed by atoms with E-state index < -0.39 is 0 Å². The molecule has 0 aliphatic carbocycles. The van der Waals surface area contributed by atoms with Crippen LogP contribution in [0.25, 0.3) is 28.5 Å². The molecule has 0 amide bonds. The van der Waals surface area contributed by atoms with Crippen molar-refractivity contribution >= 4 is 17.1 Å². The third-order valence-electron chi connectivity index (χ3n) is 3.01. The third kappa shape index (κ3) is 2.36. The summed E-state index contributed by atoms with van der Waals surface area (Å²) in [6, 6.07) is 7.77. The average Bonchev–Trinajstić information content (AvgIpc) is 2.89. The van der Waals surface area contributed by atoms with E-state index >= 15 is 0 Å². The maximum absolute atomic E-state index is 4.51. The number of nitrogens with one attached hydrogen (secondary N) is 1. The van der Waals surface area contributed by atoms with Gasteiger partial charge in [0.25, 0.3) is 0 Å². The number of fused-ring (bicyclic) bond motifs is 1. The molecule has 0 aliphatic heterocycles. The molecule has 4 heteroatoms. The Bertz CT molecular complexity index is 785. The van der Waals surface area contributed by atoms with Crippen LogP contribution in [0.1, 0.15) is 12.7 Å². The molecule has 1 aromatic carbocycles. The van der Waals surface area contributed by atoms with Crippen LogP contribution in [0, 0.1) is 0 Å². The van der Waals surface area contributed by atoms with Crippen molar-refractivity contribution in [3.63, 3.8) is 0 Å². The molecule has 3 aromatic rings. The fraction of sp³-hybridized carbons (Fsp3) is 0.0625. The molecule has 3 rings (SSSR count). The molecule has 0 saturated carbocycles. The second-order valence-electron chi connectivity index (χ2n) is 4.52. The van der Waals surface area contributed by atoms with Crippen molar-refractivity contribution < 1.29 is 0 Å².